The molecule has 228 valence electrons. The van der Waals surface area contributed by atoms with Crippen LogP contribution in [0.4, 0.5) is 0 Å². The van der Waals surface area contributed by atoms with Gasteiger partial charge >= 0.3 is 5.97 Å². The second-order valence-corrected chi connectivity index (χ2v) is 16.3. The minimum atomic E-state index is -0.592. The molecule has 6 rings (SSSR count). The zero-order valence-electron chi connectivity index (χ0n) is 27.0. The maximum absolute atomic E-state index is 14.1. The van der Waals surface area contributed by atoms with E-state index in [2.05, 4.69) is 54.2 Å². The highest BCUT2D eigenvalue weighted by Gasteiger charge is 2.72. The van der Waals surface area contributed by atoms with Gasteiger partial charge in [0.2, 0.25) is 0 Å². The fourth-order valence-electron chi connectivity index (χ4n) is 12.4. The minimum absolute atomic E-state index is 0.0153. The predicted octanol–water partition coefficient (Wildman–Crippen LogP) is 9.00. The number of carboxylic acid groups (broad SMARTS) is 1. The van der Waals surface area contributed by atoms with Crippen molar-refractivity contribution >= 4 is 17.8 Å². The van der Waals surface area contributed by atoms with Gasteiger partial charge in [0.05, 0.1) is 12.5 Å². The molecule has 5 saturated carbocycles. The first-order valence-corrected chi connectivity index (χ1v) is 16.4. The minimum Gasteiger partial charge on any atom is -0.497 e. The third kappa shape index (κ3) is 3.78. The van der Waals surface area contributed by atoms with Gasteiger partial charge in [0.25, 0.3) is 0 Å². The molecule has 0 saturated heterocycles. The number of benzene rings is 1. The summed E-state index contributed by atoms with van der Waals surface area (Å²) in [6.45, 7) is 18.5. The Balaban J connectivity index is 1.40. The SMILES string of the molecule is C=C(C)[C@@H]1CC[C@]2(C(=O)O)CC[C@]3(C)[C@H](CC[C@@H]4[C@@]5(C)C/C(=C/c6ccc(OC)cc6)C(=O)C(C)(C)[C@@H]5CC[C@]43C)[C@@H]12. The monoisotopic (exact) mass is 572 g/mol. The zero-order chi connectivity index (χ0) is 30.5. The van der Waals surface area contributed by atoms with Gasteiger partial charge in [-0.05, 0) is 140 Å². The molecule has 1 N–H and O–H groups in total. The molecule has 0 unspecified atom stereocenters. The summed E-state index contributed by atoms with van der Waals surface area (Å²) in [7, 11) is 1.68. The van der Waals surface area contributed by atoms with Gasteiger partial charge in [-0.1, -0.05) is 58.9 Å². The van der Waals surface area contributed by atoms with E-state index >= 15 is 0 Å². The number of rotatable bonds is 4. The predicted molar refractivity (Wildman–Crippen MR) is 168 cm³/mol. The Morgan fingerprint density at radius 2 is 1.62 bits per heavy atom. The van der Waals surface area contributed by atoms with E-state index in [1.807, 2.05) is 24.3 Å². The summed E-state index contributed by atoms with van der Waals surface area (Å²) in [5, 5.41) is 10.7. The van der Waals surface area contributed by atoms with Gasteiger partial charge in [-0.3, -0.25) is 9.59 Å². The molecule has 9 atom stereocenters. The van der Waals surface area contributed by atoms with Gasteiger partial charge < -0.3 is 9.84 Å². The molecule has 0 heterocycles. The van der Waals surface area contributed by atoms with Crippen LogP contribution < -0.4 is 4.74 Å². The molecule has 0 spiro atoms. The second kappa shape index (κ2) is 9.57. The van der Waals surface area contributed by atoms with E-state index in [9.17, 15) is 14.7 Å². The van der Waals surface area contributed by atoms with Crippen LogP contribution in [0.25, 0.3) is 6.08 Å². The number of ketones is 1. The number of ether oxygens (including phenoxy) is 1. The molecule has 0 bridgehead atoms. The molecule has 4 heteroatoms. The lowest BCUT2D eigenvalue weighted by molar-refractivity contribution is -0.231. The third-order valence-corrected chi connectivity index (χ3v) is 14.5. The summed E-state index contributed by atoms with van der Waals surface area (Å²) < 4.78 is 5.36. The van der Waals surface area contributed by atoms with Crippen LogP contribution in [-0.4, -0.2) is 24.0 Å². The average Bonchev–Trinajstić information content (AvgIpc) is 3.34. The lowest BCUT2D eigenvalue weighted by Crippen LogP contribution is -2.67. The maximum atomic E-state index is 14.1. The van der Waals surface area contributed by atoms with Gasteiger partial charge in [0, 0.05) is 5.41 Å². The Labute approximate surface area is 253 Å². The molecule has 0 aliphatic heterocycles. The fraction of sp³-hybridized carbons (Fsp3) is 0.684. The van der Waals surface area contributed by atoms with Crippen molar-refractivity contribution in [2.75, 3.05) is 7.11 Å². The number of hydrogen-bond donors (Lipinski definition) is 1. The average molecular weight is 573 g/mol. The van der Waals surface area contributed by atoms with Crippen LogP contribution in [0.5, 0.6) is 5.75 Å². The fourth-order valence-corrected chi connectivity index (χ4v) is 12.4. The smallest absolute Gasteiger partial charge is 0.309 e. The van der Waals surface area contributed by atoms with E-state index in [0.29, 0.717) is 29.5 Å². The van der Waals surface area contributed by atoms with Crippen molar-refractivity contribution in [3.63, 3.8) is 0 Å². The van der Waals surface area contributed by atoms with Gasteiger partial charge in [0.15, 0.2) is 5.78 Å². The highest BCUT2D eigenvalue weighted by atomic mass is 16.5. The first kappa shape index (κ1) is 29.7. The lowest BCUT2D eigenvalue weighted by Gasteiger charge is -2.72. The topological polar surface area (TPSA) is 63.6 Å². The van der Waals surface area contributed by atoms with E-state index in [1.165, 1.54) is 5.57 Å². The number of carbonyl (C=O) groups excluding carboxylic acids is 1. The van der Waals surface area contributed by atoms with Crippen LogP contribution in [-0.2, 0) is 9.59 Å². The van der Waals surface area contributed by atoms with E-state index in [0.717, 1.165) is 74.7 Å². The van der Waals surface area contributed by atoms with Crippen molar-refractivity contribution in [1.29, 1.82) is 0 Å². The Morgan fingerprint density at radius 1 is 0.929 bits per heavy atom. The molecule has 5 fully saturated rings. The summed E-state index contributed by atoms with van der Waals surface area (Å²) in [4.78, 5) is 27.0. The molecule has 1 aromatic rings. The first-order chi connectivity index (χ1) is 19.7. The van der Waals surface area contributed by atoms with Crippen LogP contribution >= 0.6 is 0 Å². The van der Waals surface area contributed by atoms with E-state index < -0.39 is 16.8 Å². The molecule has 42 heavy (non-hydrogen) atoms. The Kier molecular flexibility index (Phi) is 6.77. The number of Topliss-reactive ketones (excluding diaryl/α,β-unsaturated/α-hetero) is 1. The van der Waals surface area contributed by atoms with Crippen LogP contribution in [0.1, 0.15) is 105 Å². The molecule has 0 radical (unpaired) electrons. The zero-order valence-corrected chi connectivity index (χ0v) is 27.0. The van der Waals surface area contributed by atoms with E-state index in [1.54, 1.807) is 7.11 Å². The number of hydrogen-bond acceptors (Lipinski definition) is 3. The van der Waals surface area contributed by atoms with Crippen molar-refractivity contribution in [3.05, 3.63) is 47.6 Å². The number of allylic oxidation sites excluding steroid dienone is 2. The molecule has 5 aliphatic rings. The summed E-state index contributed by atoms with van der Waals surface area (Å²) >= 11 is 0. The van der Waals surface area contributed by atoms with Crippen molar-refractivity contribution in [2.24, 2.45) is 56.7 Å². The molecule has 1 aromatic carbocycles. The van der Waals surface area contributed by atoms with Crippen LogP contribution in [0.15, 0.2) is 42.0 Å². The third-order valence-electron chi connectivity index (χ3n) is 14.5. The standard InChI is InChI=1S/C38H52O4/c1-23(2)27-15-18-38(33(40)41)20-19-36(6)28(31(27)38)13-14-30-35(5)22-25(21-24-9-11-26(42-8)12-10-24)32(39)34(3,4)29(35)16-17-37(30,36)7/h9-12,21,27-31H,1,13-20,22H2,2-8H3,(H,40,41)/b25-21-/t27-,28+,29-,30+,31+,35-,36+,37+,38-/m0/s1. The maximum Gasteiger partial charge on any atom is 0.309 e. The lowest BCUT2D eigenvalue weighted by atomic mass is 9.32. The summed E-state index contributed by atoms with van der Waals surface area (Å²) in [6, 6.07) is 8.04. The summed E-state index contributed by atoms with van der Waals surface area (Å²) in [6.07, 6.45) is 10.9. The number of fused-ring (bicyclic) bond motifs is 7. The van der Waals surface area contributed by atoms with Gasteiger partial charge in [-0.25, -0.2) is 0 Å². The highest BCUT2D eigenvalue weighted by Crippen LogP contribution is 2.77. The largest absolute Gasteiger partial charge is 0.497 e. The van der Waals surface area contributed by atoms with Crippen LogP contribution in [0.2, 0.25) is 0 Å². The Bertz CT molecular complexity index is 1340. The number of aliphatic carboxylic acids is 1. The highest BCUT2D eigenvalue weighted by molar-refractivity contribution is 6.04. The van der Waals surface area contributed by atoms with E-state index in [-0.39, 0.29) is 22.2 Å². The molecule has 0 amide bonds. The number of carboxylic acids is 1. The number of methoxy groups -OCH3 is 1. The molecule has 4 nitrogen and oxygen atoms in total. The molecule has 0 aromatic heterocycles. The summed E-state index contributed by atoms with van der Waals surface area (Å²) in [5.41, 5.74) is 2.39. The van der Waals surface area contributed by atoms with Gasteiger partial charge in [-0.15, -0.1) is 0 Å². The van der Waals surface area contributed by atoms with Crippen molar-refractivity contribution in [3.8, 4) is 5.75 Å². The second-order valence-electron chi connectivity index (χ2n) is 16.3. The Hall–Kier alpha value is -2.36. The van der Waals surface area contributed by atoms with Gasteiger partial charge in [-0.2, -0.15) is 0 Å². The molecule has 5 aliphatic carbocycles. The molecular formula is C38H52O4. The van der Waals surface area contributed by atoms with Crippen molar-refractivity contribution in [1.82, 2.24) is 0 Å². The van der Waals surface area contributed by atoms with Crippen molar-refractivity contribution in [2.45, 2.75) is 99.3 Å². The van der Waals surface area contributed by atoms with Crippen LogP contribution in [0, 0.1) is 56.7 Å². The quantitative estimate of drug-likeness (QED) is 0.289. The normalized spacial score (nSPS) is 44.9. The van der Waals surface area contributed by atoms with Gasteiger partial charge in [0.1, 0.15) is 5.75 Å². The first-order valence-electron chi connectivity index (χ1n) is 16.4. The van der Waals surface area contributed by atoms with Crippen molar-refractivity contribution < 1.29 is 19.4 Å². The number of carbonyl (C=O) groups is 2. The Morgan fingerprint density at radius 3 is 2.24 bits per heavy atom. The van der Waals surface area contributed by atoms with E-state index in [4.69, 9.17) is 4.74 Å². The molecular weight excluding hydrogens is 520 g/mol. The van der Waals surface area contributed by atoms with Crippen LogP contribution in [0.3, 0.4) is 0 Å². The summed E-state index contributed by atoms with van der Waals surface area (Å²) in [5.74, 6) is 2.31.